The van der Waals surface area contributed by atoms with Gasteiger partial charge in [-0.1, -0.05) is 6.07 Å². The van der Waals surface area contributed by atoms with Crippen LogP contribution < -0.4 is 21.1 Å². The molecule has 1 atom stereocenters. The van der Waals surface area contributed by atoms with Crippen molar-refractivity contribution in [3.8, 4) is 11.5 Å². The van der Waals surface area contributed by atoms with E-state index in [9.17, 15) is 14.7 Å². The number of benzene rings is 1. The van der Waals surface area contributed by atoms with Crippen LogP contribution in [-0.4, -0.2) is 60.9 Å². The topological polar surface area (TPSA) is 129 Å². The Bertz CT molecular complexity index is 825. The van der Waals surface area contributed by atoms with Crippen molar-refractivity contribution in [1.29, 1.82) is 0 Å². The molecule has 0 fully saturated rings. The van der Waals surface area contributed by atoms with E-state index < -0.39 is 0 Å². The van der Waals surface area contributed by atoms with Crippen molar-refractivity contribution in [1.82, 2.24) is 15.5 Å². The number of ketones is 2. The van der Waals surface area contributed by atoms with E-state index in [1.165, 1.54) is 7.11 Å². The lowest BCUT2D eigenvalue weighted by Gasteiger charge is -2.22. The molecule has 0 aromatic heterocycles. The third kappa shape index (κ3) is 8.87. The molecule has 1 aromatic carbocycles. The highest BCUT2D eigenvalue weighted by Gasteiger charge is 2.15. The zero-order valence-electron chi connectivity index (χ0n) is 19.0. The zero-order chi connectivity index (χ0) is 23.3. The molecular weight excluding hydrogens is 410 g/mol. The number of hydrogen-bond donors (Lipinski definition) is 4. The van der Waals surface area contributed by atoms with E-state index >= 15 is 0 Å². The van der Waals surface area contributed by atoms with E-state index in [0.29, 0.717) is 31.0 Å². The summed E-state index contributed by atoms with van der Waals surface area (Å²) in [5.41, 5.74) is 6.71. The summed E-state index contributed by atoms with van der Waals surface area (Å²) in [5, 5.41) is 16.0. The second-order valence-corrected chi connectivity index (χ2v) is 7.88. The van der Waals surface area contributed by atoms with E-state index in [2.05, 4.69) is 20.5 Å². The molecule has 0 saturated carbocycles. The summed E-state index contributed by atoms with van der Waals surface area (Å²) in [4.78, 5) is 30.6. The Morgan fingerprint density at radius 3 is 2.78 bits per heavy atom. The van der Waals surface area contributed by atoms with Crippen LogP contribution in [0.4, 0.5) is 0 Å². The fraction of sp³-hybridized carbons (Fsp3) is 0.522. The van der Waals surface area contributed by atoms with Crippen molar-refractivity contribution in [2.45, 2.75) is 51.0 Å². The summed E-state index contributed by atoms with van der Waals surface area (Å²) >= 11 is 0. The number of rotatable bonds is 14. The van der Waals surface area contributed by atoms with E-state index in [-0.39, 0.29) is 36.2 Å². The van der Waals surface area contributed by atoms with Gasteiger partial charge in [0.15, 0.2) is 17.5 Å². The highest BCUT2D eigenvalue weighted by molar-refractivity contribution is 5.99. The molecule has 0 bridgehead atoms. The number of nitrogens with zero attached hydrogens (tertiary/aromatic N) is 2. The number of aromatic hydroxyl groups is 1. The molecule has 2 rings (SSSR count). The van der Waals surface area contributed by atoms with Gasteiger partial charge in [0, 0.05) is 44.9 Å². The number of phenolic OH excluding ortho intramolecular Hbond substituents is 1. The quantitative estimate of drug-likeness (QED) is 0.193. The zero-order valence-corrected chi connectivity index (χ0v) is 19.0. The summed E-state index contributed by atoms with van der Waals surface area (Å²) in [7, 11) is 3.11. The van der Waals surface area contributed by atoms with Crippen molar-refractivity contribution in [3.05, 3.63) is 36.2 Å². The number of hydrogen-bond acceptors (Lipinski definition) is 7. The maximum Gasteiger partial charge on any atom is 0.188 e. The first-order valence-corrected chi connectivity index (χ1v) is 10.9. The molecule has 1 aliphatic rings. The Balaban J connectivity index is 1.70. The molecule has 9 heteroatoms. The monoisotopic (exact) mass is 445 g/mol. The van der Waals surface area contributed by atoms with Crippen molar-refractivity contribution >= 4 is 17.5 Å². The number of ether oxygens (including phenoxy) is 1. The fourth-order valence-corrected chi connectivity index (χ4v) is 3.52. The first kappa shape index (κ1) is 25.0. The van der Waals surface area contributed by atoms with E-state index in [4.69, 9.17) is 10.5 Å². The minimum atomic E-state index is -0.0765. The lowest BCUT2D eigenvalue weighted by molar-refractivity contribution is -0.127. The van der Waals surface area contributed by atoms with Gasteiger partial charge in [0.1, 0.15) is 11.6 Å². The highest BCUT2D eigenvalue weighted by atomic mass is 16.5. The lowest BCUT2D eigenvalue weighted by atomic mass is 10.0. The SMILES string of the molecule is CN=C(N)N[C@H](CCCC(=O)CC(=O)CCc1ccc(O)c(OC)c1)CCN1C=CNC1. The number of carbonyl (C=O) groups is 2. The number of methoxy groups -OCH3 is 1. The summed E-state index contributed by atoms with van der Waals surface area (Å²) in [6.45, 7) is 1.66. The molecule has 0 radical (unpaired) electrons. The summed E-state index contributed by atoms with van der Waals surface area (Å²) in [6, 6.07) is 5.11. The van der Waals surface area contributed by atoms with Crippen LogP contribution in [0.25, 0.3) is 0 Å². The average molecular weight is 446 g/mol. The Morgan fingerprint density at radius 1 is 1.31 bits per heavy atom. The van der Waals surface area contributed by atoms with Crippen molar-refractivity contribution in [2.24, 2.45) is 10.7 Å². The van der Waals surface area contributed by atoms with Crippen LogP contribution in [0.5, 0.6) is 11.5 Å². The Morgan fingerprint density at radius 2 is 2.09 bits per heavy atom. The predicted octanol–water partition coefficient (Wildman–Crippen LogP) is 1.66. The second-order valence-electron chi connectivity index (χ2n) is 7.88. The third-order valence-corrected chi connectivity index (χ3v) is 5.39. The van der Waals surface area contributed by atoms with Crippen molar-refractivity contribution in [3.63, 3.8) is 0 Å². The molecule has 0 amide bonds. The molecule has 1 aromatic rings. The van der Waals surface area contributed by atoms with Gasteiger partial charge in [-0.2, -0.15) is 0 Å². The molecule has 0 unspecified atom stereocenters. The van der Waals surface area contributed by atoms with E-state index in [0.717, 1.165) is 31.6 Å². The number of phenols is 1. The van der Waals surface area contributed by atoms with Gasteiger partial charge < -0.3 is 31.1 Å². The van der Waals surface area contributed by atoms with Crippen LogP contribution in [-0.2, 0) is 16.0 Å². The maximum absolute atomic E-state index is 12.3. The number of aliphatic imine (C=N–C) groups is 1. The van der Waals surface area contributed by atoms with Gasteiger partial charge in [0.2, 0.25) is 0 Å². The third-order valence-electron chi connectivity index (χ3n) is 5.39. The normalized spacial score (nSPS) is 14.2. The van der Waals surface area contributed by atoms with Crippen LogP contribution in [0.2, 0.25) is 0 Å². The second kappa shape index (κ2) is 13.2. The Labute approximate surface area is 189 Å². The summed E-state index contributed by atoms with van der Waals surface area (Å²) < 4.78 is 5.08. The van der Waals surface area contributed by atoms with Crippen LogP contribution in [0.1, 0.15) is 44.1 Å². The van der Waals surface area contributed by atoms with Gasteiger partial charge in [-0.25, -0.2) is 0 Å². The van der Waals surface area contributed by atoms with Crippen LogP contribution in [0.3, 0.4) is 0 Å². The molecule has 32 heavy (non-hydrogen) atoms. The number of aryl methyl sites for hydroxylation is 1. The molecule has 1 aliphatic heterocycles. The first-order chi connectivity index (χ1) is 15.4. The molecule has 5 N–H and O–H groups in total. The minimum Gasteiger partial charge on any atom is -0.504 e. The molecular formula is C23H35N5O4. The number of carbonyl (C=O) groups excluding carboxylic acids is 2. The van der Waals surface area contributed by atoms with Gasteiger partial charge in [-0.3, -0.25) is 14.6 Å². The molecule has 176 valence electrons. The maximum atomic E-state index is 12.3. The first-order valence-electron chi connectivity index (χ1n) is 10.9. The van der Waals surface area contributed by atoms with Crippen molar-refractivity contribution < 1.29 is 19.4 Å². The highest BCUT2D eigenvalue weighted by Crippen LogP contribution is 2.26. The van der Waals surface area contributed by atoms with E-state index in [1.807, 2.05) is 12.4 Å². The van der Waals surface area contributed by atoms with Gasteiger partial charge in [-0.05, 0) is 43.4 Å². The summed E-state index contributed by atoms with van der Waals surface area (Å²) in [5.74, 6) is 0.705. The smallest absolute Gasteiger partial charge is 0.188 e. The van der Waals surface area contributed by atoms with Crippen LogP contribution in [0.15, 0.2) is 35.6 Å². The van der Waals surface area contributed by atoms with Gasteiger partial charge in [-0.15, -0.1) is 0 Å². The predicted molar refractivity (Wildman–Crippen MR) is 124 cm³/mol. The number of Topliss-reactive ketones (excluding diaryl/α,β-unsaturated/α-hetero) is 2. The Hall–Kier alpha value is -3.23. The minimum absolute atomic E-state index is 0.0409. The Kier molecular flexibility index (Phi) is 10.4. The van der Waals surface area contributed by atoms with Crippen LogP contribution >= 0.6 is 0 Å². The molecule has 1 heterocycles. The summed E-state index contributed by atoms with van der Waals surface area (Å²) in [6.07, 6.45) is 7.36. The average Bonchev–Trinajstić information content (AvgIpc) is 3.30. The molecule has 9 nitrogen and oxygen atoms in total. The number of nitrogens with one attached hydrogen (secondary N) is 2. The van der Waals surface area contributed by atoms with Gasteiger partial charge in [0.25, 0.3) is 0 Å². The largest absolute Gasteiger partial charge is 0.504 e. The molecule has 0 saturated heterocycles. The lowest BCUT2D eigenvalue weighted by Crippen LogP contribution is -2.41. The number of nitrogens with two attached hydrogens (primary N) is 1. The molecule has 0 aliphatic carbocycles. The van der Waals surface area contributed by atoms with Gasteiger partial charge >= 0.3 is 0 Å². The number of guanidine groups is 1. The van der Waals surface area contributed by atoms with Crippen molar-refractivity contribution in [2.75, 3.05) is 27.4 Å². The van der Waals surface area contributed by atoms with Crippen LogP contribution in [0, 0.1) is 0 Å². The fourth-order valence-electron chi connectivity index (χ4n) is 3.52. The van der Waals surface area contributed by atoms with E-state index in [1.54, 1.807) is 25.2 Å². The standard InChI is InChI=1S/C23H35N5O4/c1-25-23(24)27-18(10-12-28-13-11-26-16-28)4-3-5-19(29)15-20(30)8-6-17-7-9-21(31)22(14-17)32-2/h7,9,11,13-14,18,26,31H,3-6,8,10,12,15-16H2,1-2H3,(H3,24,25,27)/t18-/m1/s1. The van der Waals surface area contributed by atoms with Gasteiger partial charge in [0.05, 0.1) is 20.2 Å². The molecule has 0 spiro atoms.